The van der Waals surface area contributed by atoms with Crippen LogP contribution < -0.4 is 24.8 Å². The predicted molar refractivity (Wildman–Crippen MR) is 136 cm³/mol. The van der Waals surface area contributed by atoms with Crippen molar-refractivity contribution in [3.63, 3.8) is 0 Å². The SMILES string of the molecule is COc1cc(F)c(NC(=O)Nc2csc(C(=O)O)c2C(=O)O)cc1OCc1cccc2ccnc(OC)c12. The Morgan fingerprint density at radius 2 is 1.76 bits per heavy atom. The van der Waals surface area contributed by atoms with Crippen LogP contribution in [0, 0.1) is 5.82 Å². The van der Waals surface area contributed by atoms with E-state index < -0.39 is 34.2 Å². The van der Waals surface area contributed by atoms with Crippen LogP contribution in [0.5, 0.6) is 17.4 Å². The number of nitrogens with one attached hydrogen (secondary N) is 2. The van der Waals surface area contributed by atoms with Crippen molar-refractivity contribution in [1.82, 2.24) is 4.98 Å². The van der Waals surface area contributed by atoms with E-state index >= 15 is 0 Å². The summed E-state index contributed by atoms with van der Waals surface area (Å²) in [5, 5.41) is 25.8. The van der Waals surface area contributed by atoms with E-state index in [4.69, 9.17) is 19.3 Å². The minimum absolute atomic E-state index is 0.0296. The number of carbonyl (C=O) groups is 3. The van der Waals surface area contributed by atoms with Gasteiger partial charge in [0.15, 0.2) is 17.3 Å². The van der Waals surface area contributed by atoms with E-state index in [1.165, 1.54) is 25.7 Å². The molecule has 0 unspecified atom stereocenters. The molecule has 2 heterocycles. The minimum atomic E-state index is -1.54. The number of carbonyl (C=O) groups excluding carboxylic acids is 1. The van der Waals surface area contributed by atoms with Crippen LogP contribution in [0.1, 0.15) is 25.6 Å². The van der Waals surface area contributed by atoms with Crippen molar-refractivity contribution in [3.05, 3.63) is 69.8 Å². The third kappa shape index (κ3) is 5.27. The number of carboxylic acids is 2. The molecule has 13 heteroatoms. The Kier molecular flexibility index (Phi) is 7.58. The number of rotatable bonds is 9. The summed E-state index contributed by atoms with van der Waals surface area (Å²) in [6.07, 6.45) is 1.62. The number of methoxy groups -OCH3 is 2. The molecule has 0 aliphatic carbocycles. The highest BCUT2D eigenvalue weighted by atomic mass is 32.1. The molecule has 196 valence electrons. The van der Waals surface area contributed by atoms with Crippen LogP contribution in [0.25, 0.3) is 10.8 Å². The molecule has 2 aromatic carbocycles. The Labute approximate surface area is 218 Å². The van der Waals surface area contributed by atoms with Gasteiger partial charge in [0.2, 0.25) is 5.88 Å². The van der Waals surface area contributed by atoms with Crippen molar-refractivity contribution in [2.75, 3.05) is 24.9 Å². The van der Waals surface area contributed by atoms with Gasteiger partial charge in [-0.15, -0.1) is 11.3 Å². The molecule has 0 radical (unpaired) electrons. The van der Waals surface area contributed by atoms with Gasteiger partial charge in [0.05, 0.1) is 31.0 Å². The van der Waals surface area contributed by atoms with E-state index in [2.05, 4.69) is 15.6 Å². The first-order chi connectivity index (χ1) is 18.2. The Morgan fingerprint density at radius 1 is 1.00 bits per heavy atom. The fourth-order valence-electron chi connectivity index (χ4n) is 3.70. The third-order valence-corrected chi connectivity index (χ3v) is 6.34. The lowest BCUT2D eigenvalue weighted by Gasteiger charge is -2.15. The average Bonchev–Trinajstić information content (AvgIpc) is 3.32. The number of urea groups is 1. The highest BCUT2D eigenvalue weighted by Crippen LogP contribution is 2.35. The van der Waals surface area contributed by atoms with Crippen molar-refractivity contribution < 1.29 is 43.2 Å². The fraction of sp³-hybridized carbons (Fsp3) is 0.120. The van der Waals surface area contributed by atoms with Crippen molar-refractivity contribution in [3.8, 4) is 17.4 Å². The molecule has 0 bridgehead atoms. The highest BCUT2D eigenvalue weighted by molar-refractivity contribution is 7.13. The first-order valence-electron chi connectivity index (χ1n) is 10.8. The molecule has 0 aliphatic heterocycles. The molecular formula is C25H20FN3O8S. The van der Waals surface area contributed by atoms with E-state index in [0.29, 0.717) is 17.2 Å². The number of halogens is 1. The van der Waals surface area contributed by atoms with Gasteiger partial charge in [-0.2, -0.15) is 0 Å². The number of pyridine rings is 1. The number of fused-ring (bicyclic) bond motifs is 1. The molecule has 0 fully saturated rings. The van der Waals surface area contributed by atoms with Gasteiger partial charge in [0, 0.05) is 29.3 Å². The molecule has 0 spiro atoms. The van der Waals surface area contributed by atoms with E-state index in [-0.39, 0.29) is 29.5 Å². The van der Waals surface area contributed by atoms with Gasteiger partial charge in [-0.05, 0) is 11.5 Å². The zero-order chi connectivity index (χ0) is 27.4. The summed E-state index contributed by atoms with van der Waals surface area (Å²) in [5.41, 5.74) is -0.391. The maximum absolute atomic E-state index is 14.7. The van der Waals surface area contributed by atoms with Gasteiger partial charge < -0.3 is 35.1 Å². The second kappa shape index (κ2) is 11.0. The van der Waals surface area contributed by atoms with E-state index in [1.54, 1.807) is 6.20 Å². The summed E-state index contributed by atoms with van der Waals surface area (Å²) in [6, 6.07) is 8.61. The largest absolute Gasteiger partial charge is 0.493 e. The van der Waals surface area contributed by atoms with Crippen LogP contribution >= 0.6 is 11.3 Å². The molecule has 0 aliphatic rings. The van der Waals surface area contributed by atoms with Crippen molar-refractivity contribution in [2.24, 2.45) is 0 Å². The van der Waals surface area contributed by atoms with Gasteiger partial charge in [-0.3, -0.25) is 0 Å². The van der Waals surface area contributed by atoms with Crippen LogP contribution in [-0.2, 0) is 6.61 Å². The van der Waals surface area contributed by atoms with Crippen molar-refractivity contribution >= 4 is 51.5 Å². The van der Waals surface area contributed by atoms with Crippen molar-refractivity contribution in [2.45, 2.75) is 6.61 Å². The number of thiophene rings is 1. The molecule has 0 saturated carbocycles. The van der Waals surface area contributed by atoms with Gasteiger partial charge in [0.1, 0.15) is 17.0 Å². The number of aromatic nitrogens is 1. The van der Waals surface area contributed by atoms with Gasteiger partial charge in [0.25, 0.3) is 0 Å². The van der Waals surface area contributed by atoms with E-state index in [0.717, 1.165) is 22.4 Å². The number of anilines is 2. The van der Waals surface area contributed by atoms with Crippen molar-refractivity contribution in [1.29, 1.82) is 0 Å². The lowest BCUT2D eigenvalue weighted by molar-refractivity contribution is 0.0657. The maximum atomic E-state index is 14.7. The van der Waals surface area contributed by atoms with E-state index in [1.807, 2.05) is 24.3 Å². The summed E-state index contributed by atoms with van der Waals surface area (Å²) in [7, 11) is 2.83. The number of benzene rings is 2. The topological polar surface area (TPSA) is 156 Å². The van der Waals surface area contributed by atoms with Crippen LogP contribution in [0.4, 0.5) is 20.6 Å². The average molecular weight is 542 g/mol. The maximum Gasteiger partial charge on any atom is 0.346 e. The highest BCUT2D eigenvalue weighted by Gasteiger charge is 2.24. The third-order valence-electron chi connectivity index (χ3n) is 5.37. The molecule has 4 rings (SSSR count). The zero-order valence-electron chi connectivity index (χ0n) is 19.9. The molecule has 38 heavy (non-hydrogen) atoms. The first kappa shape index (κ1) is 26.2. The lowest BCUT2D eigenvalue weighted by atomic mass is 10.1. The Hall–Kier alpha value is -4.91. The van der Waals surface area contributed by atoms with Crippen LogP contribution in [0.2, 0.25) is 0 Å². The normalized spacial score (nSPS) is 10.6. The monoisotopic (exact) mass is 541 g/mol. The molecule has 0 saturated heterocycles. The molecular weight excluding hydrogens is 521 g/mol. The second-order valence-electron chi connectivity index (χ2n) is 7.65. The minimum Gasteiger partial charge on any atom is -0.493 e. The number of amides is 2. The lowest BCUT2D eigenvalue weighted by Crippen LogP contribution is -2.21. The summed E-state index contributed by atoms with van der Waals surface area (Å²) < 4.78 is 31.2. The van der Waals surface area contributed by atoms with Gasteiger partial charge in [-0.1, -0.05) is 18.2 Å². The number of hydrogen-bond donors (Lipinski definition) is 4. The quantitative estimate of drug-likeness (QED) is 0.227. The summed E-state index contributed by atoms with van der Waals surface area (Å²) in [5.74, 6) is -3.26. The number of carboxylic acid groups (broad SMARTS) is 2. The Morgan fingerprint density at radius 3 is 2.45 bits per heavy atom. The molecule has 2 aromatic heterocycles. The smallest absolute Gasteiger partial charge is 0.346 e. The molecule has 4 aromatic rings. The molecule has 4 N–H and O–H groups in total. The molecule has 0 atom stereocenters. The molecule has 2 amide bonds. The fourth-order valence-corrected chi connectivity index (χ4v) is 4.53. The number of aromatic carboxylic acids is 2. The summed E-state index contributed by atoms with van der Waals surface area (Å²) in [4.78, 5) is 39.1. The van der Waals surface area contributed by atoms with Crippen LogP contribution in [0.15, 0.2) is 48.0 Å². The Bertz CT molecular complexity index is 1550. The number of hydrogen-bond acceptors (Lipinski definition) is 8. The van der Waals surface area contributed by atoms with Crippen LogP contribution in [0.3, 0.4) is 0 Å². The number of ether oxygens (including phenoxy) is 3. The van der Waals surface area contributed by atoms with Gasteiger partial charge >= 0.3 is 18.0 Å². The first-order valence-corrected chi connectivity index (χ1v) is 11.7. The second-order valence-corrected chi connectivity index (χ2v) is 8.53. The van der Waals surface area contributed by atoms with Gasteiger partial charge in [-0.25, -0.2) is 23.8 Å². The standard InChI is InChI=1S/C25H20FN3O8S/c1-35-17-8-14(26)15(28-25(34)29-16-11-38-21(24(32)33)20(16)23(30)31)9-18(17)37-10-13-5-3-4-12-6-7-27-22(36-2)19(12)13/h3-9,11H,10H2,1-2H3,(H,30,31)(H,32,33)(H2,28,29,34). The molecule has 11 nitrogen and oxygen atoms in total. The predicted octanol–water partition coefficient (Wildman–Crippen LogP) is 5.07. The summed E-state index contributed by atoms with van der Waals surface area (Å²) in [6.45, 7) is 0.0296. The summed E-state index contributed by atoms with van der Waals surface area (Å²) >= 11 is 0.632. The Balaban J connectivity index is 1.57. The van der Waals surface area contributed by atoms with E-state index in [9.17, 15) is 23.9 Å². The zero-order valence-corrected chi connectivity index (χ0v) is 20.7. The van der Waals surface area contributed by atoms with Crippen LogP contribution in [-0.4, -0.2) is 47.4 Å². The number of nitrogens with zero attached hydrogens (tertiary/aromatic N) is 1.